The van der Waals surface area contributed by atoms with Crippen LogP contribution < -0.4 is 5.32 Å². The molecule has 0 aliphatic carbocycles. The highest BCUT2D eigenvalue weighted by Gasteiger charge is 2.66. The van der Waals surface area contributed by atoms with E-state index in [0.29, 0.717) is 32.7 Å². The van der Waals surface area contributed by atoms with Gasteiger partial charge in [0.15, 0.2) is 5.72 Å². The summed E-state index contributed by atoms with van der Waals surface area (Å²) >= 11 is 0. The molecule has 38 heavy (non-hydrogen) atoms. The zero-order valence-electron chi connectivity index (χ0n) is 20.4. The van der Waals surface area contributed by atoms with Crippen molar-refractivity contribution in [1.29, 1.82) is 0 Å². The fourth-order valence-corrected chi connectivity index (χ4v) is 6.93. The molecular weight excluding hydrogens is 490 g/mol. The summed E-state index contributed by atoms with van der Waals surface area (Å²) in [5.41, 5.74) is -0.865. The Labute approximate surface area is 213 Å². The van der Waals surface area contributed by atoms with Gasteiger partial charge in [-0.1, -0.05) is 18.2 Å². The number of hydrogen-bond donors (Lipinski definition) is 3. The molecule has 5 heterocycles. The maximum Gasteiger partial charge on any atom is 0.343 e. The number of esters is 1. The Bertz CT molecular complexity index is 1990. The number of amides is 2. The van der Waals surface area contributed by atoms with Gasteiger partial charge in [-0.05, 0) is 38.1 Å². The molecule has 10 nitrogen and oxygen atoms in total. The summed E-state index contributed by atoms with van der Waals surface area (Å²) in [5, 5.41) is 27.3. The summed E-state index contributed by atoms with van der Waals surface area (Å²) in [5.74, 6) is -1.90. The quantitative estimate of drug-likeness (QED) is 0.245. The fourth-order valence-electron chi connectivity index (χ4n) is 6.93. The molecule has 0 saturated carbocycles. The van der Waals surface area contributed by atoms with Crippen LogP contribution in [0.2, 0.25) is 0 Å². The van der Waals surface area contributed by atoms with Crippen molar-refractivity contribution >= 4 is 61.4 Å². The molecule has 0 spiro atoms. The Balaban J connectivity index is 1.71. The van der Waals surface area contributed by atoms with Crippen molar-refractivity contribution in [3.63, 3.8) is 0 Å². The summed E-state index contributed by atoms with van der Waals surface area (Å²) in [6, 6.07) is 12.1. The van der Waals surface area contributed by atoms with E-state index in [1.807, 2.05) is 28.8 Å². The highest BCUT2D eigenvalue weighted by Crippen LogP contribution is 2.58. The Kier molecular flexibility index (Phi) is 3.72. The van der Waals surface area contributed by atoms with Crippen molar-refractivity contribution in [2.75, 3.05) is 6.61 Å². The maximum absolute atomic E-state index is 13.4. The van der Waals surface area contributed by atoms with Crippen LogP contribution in [0.4, 0.5) is 0 Å². The van der Waals surface area contributed by atoms with Crippen LogP contribution >= 0.6 is 0 Å². The number of rotatable bonds is 2. The van der Waals surface area contributed by atoms with Crippen LogP contribution in [-0.2, 0) is 20.0 Å². The average molecular weight is 511 g/mol. The summed E-state index contributed by atoms with van der Waals surface area (Å²) in [6.07, 6.45) is -0.887. The first-order chi connectivity index (χ1) is 18.2. The number of phenolic OH excluding ortho intramolecular Hbond substituents is 1. The van der Waals surface area contributed by atoms with Crippen LogP contribution in [0.1, 0.15) is 47.2 Å². The first-order valence-electron chi connectivity index (χ1n) is 12.4. The number of carbonyl (C=O) groups is 3. The second-order valence-corrected chi connectivity index (χ2v) is 10.2. The van der Waals surface area contributed by atoms with E-state index in [-0.39, 0.29) is 29.9 Å². The van der Waals surface area contributed by atoms with Gasteiger partial charge in [-0.25, -0.2) is 4.79 Å². The van der Waals surface area contributed by atoms with Gasteiger partial charge in [-0.2, -0.15) is 0 Å². The summed E-state index contributed by atoms with van der Waals surface area (Å²) in [6.45, 7) is 3.37. The topological polar surface area (TPSA) is 132 Å². The summed E-state index contributed by atoms with van der Waals surface area (Å²) < 4.78 is 15.6. The highest BCUT2D eigenvalue weighted by atomic mass is 16.6. The number of fused-ring (bicyclic) bond motifs is 13. The number of aromatic nitrogens is 2. The van der Waals surface area contributed by atoms with Crippen LogP contribution in [0.3, 0.4) is 0 Å². The van der Waals surface area contributed by atoms with E-state index in [1.165, 1.54) is 12.1 Å². The van der Waals surface area contributed by atoms with E-state index in [4.69, 9.17) is 9.47 Å². The fraction of sp³-hybridized carbons (Fsp3) is 0.250. The molecule has 2 amide bonds. The second kappa shape index (κ2) is 6.53. The summed E-state index contributed by atoms with van der Waals surface area (Å²) in [7, 11) is 0. The Morgan fingerprint density at radius 3 is 2.53 bits per heavy atom. The van der Waals surface area contributed by atoms with E-state index in [9.17, 15) is 24.6 Å². The lowest BCUT2D eigenvalue weighted by Gasteiger charge is -2.37. The lowest BCUT2D eigenvalue weighted by Crippen LogP contribution is -2.56. The Morgan fingerprint density at radius 1 is 1.08 bits per heavy atom. The lowest BCUT2D eigenvalue weighted by molar-refractivity contribution is -0.204. The molecule has 2 bridgehead atoms. The van der Waals surface area contributed by atoms with Crippen molar-refractivity contribution < 1.29 is 34.1 Å². The largest absolute Gasteiger partial charge is 0.508 e. The first kappa shape index (κ1) is 21.7. The van der Waals surface area contributed by atoms with Crippen LogP contribution in [0.5, 0.6) is 5.75 Å². The van der Waals surface area contributed by atoms with Crippen molar-refractivity contribution in [1.82, 2.24) is 14.5 Å². The summed E-state index contributed by atoms with van der Waals surface area (Å²) in [4.78, 5) is 39.9. The van der Waals surface area contributed by atoms with Gasteiger partial charge < -0.3 is 28.8 Å². The average Bonchev–Trinajstić information content (AvgIpc) is 3.54. The standard InChI is InChI=1S/C28H21N3O7/c1-3-37-26(35)28(36)11-17-30-15-7-5-4-6-13(15)18-20-21(25(34)29-24(20)33)19-14-10-12(32)8-9-16(14)31(23(19)22(18)30)27(28,2)38-17/h4-10,17,32,36H,3,11H2,1-2H3,(H,29,33,34)/t17-,27+,28-/m1/s1. The minimum atomic E-state index is -2.09. The van der Waals surface area contributed by atoms with Crippen LogP contribution in [0, 0.1) is 0 Å². The molecule has 0 unspecified atom stereocenters. The predicted molar refractivity (Wildman–Crippen MR) is 136 cm³/mol. The molecule has 3 aliphatic heterocycles. The number of nitrogens with one attached hydrogen (secondary N) is 1. The highest BCUT2D eigenvalue weighted by molar-refractivity contribution is 6.39. The van der Waals surface area contributed by atoms with Gasteiger partial charge in [0.05, 0.1) is 39.8 Å². The molecular formula is C28H21N3O7. The molecule has 2 aromatic heterocycles. The Morgan fingerprint density at radius 2 is 1.79 bits per heavy atom. The zero-order chi connectivity index (χ0) is 26.3. The maximum atomic E-state index is 13.4. The number of benzene rings is 3. The minimum absolute atomic E-state index is 0.0382. The molecule has 8 rings (SSSR count). The molecule has 3 aromatic carbocycles. The van der Waals surface area contributed by atoms with Crippen LogP contribution in [0.15, 0.2) is 42.5 Å². The molecule has 1 saturated heterocycles. The smallest absolute Gasteiger partial charge is 0.343 e. The Hall–Kier alpha value is -4.41. The number of aromatic hydroxyl groups is 1. The number of nitrogens with zero attached hydrogens (tertiary/aromatic N) is 2. The number of ether oxygens (including phenoxy) is 2. The minimum Gasteiger partial charge on any atom is -0.508 e. The normalized spacial score (nSPS) is 25.6. The number of imide groups is 1. The van der Waals surface area contributed by atoms with E-state index in [1.54, 1.807) is 24.5 Å². The van der Waals surface area contributed by atoms with E-state index in [2.05, 4.69) is 5.32 Å². The lowest BCUT2D eigenvalue weighted by atomic mass is 9.88. The van der Waals surface area contributed by atoms with E-state index < -0.39 is 35.3 Å². The monoisotopic (exact) mass is 511 g/mol. The third-order valence-corrected chi connectivity index (χ3v) is 8.45. The molecule has 3 atom stereocenters. The number of phenols is 1. The molecule has 5 aromatic rings. The third kappa shape index (κ3) is 2.14. The zero-order valence-corrected chi connectivity index (χ0v) is 20.4. The van der Waals surface area contributed by atoms with Gasteiger partial charge in [0.1, 0.15) is 12.0 Å². The molecule has 3 aliphatic rings. The second-order valence-electron chi connectivity index (χ2n) is 10.2. The number of carbonyl (C=O) groups excluding carboxylic acids is 3. The van der Waals surface area contributed by atoms with Crippen molar-refractivity contribution in [2.24, 2.45) is 0 Å². The number of hydrogen-bond acceptors (Lipinski definition) is 7. The predicted octanol–water partition coefficient (Wildman–Crippen LogP) is 3.39. The number of aliphatic hydroxyl groups is 1. The molecule has 10 heteroatoms. The van der Waals surface area contributed by atoms with Gasteiger partial charge in [-0.3, -0.25) is 14.9 Å². The third-order valence-electron chi connectivity index (χ3n) is 8.45. The number of para-hydroxylation sites is 1. The van der Waals surface area contributed by atoms with Crippen LogP contribution in [-0.4, -0.2) is 49.3 Å². The molecule has 0 radical (unpaired) electrons. The van der Waals surface area contributed by atoms with Gasteiger partial charge in [0.25, 0.3) is 11.8 Å². The van der Waals surface area contributed by atoms with Gasteiger partial charge in [-0.15, -0.1) is 0 Å². The van der Waals surface area contributed by atoms with Crippen molar-refractivity contribution in [3.8, 4) is 5.75 Å². The van der Waals surface area contributed by atoms with E-state index >= 15 is 0 Å². The SMILES string of the molecule is CCOC(=O)[C@]1(O)C[C@H]2O[C@]1(C)n1c3ccc(O)cc3c3c4c(c5c6ccccc6n2c5c31)C(=O)NC4=O. The van der Waals surface area contributed by atoms with Gasteiger partial charge >= 0.3 is 5.97 Å². The molecule has 190 valence electrons. The van der Waals surface area contributed by atoms with Crippen LogP contribution in [0.25, 0.3) is 43.6 Å². The van der Waals surface area contributed by atoms with E-state index in [0.717, 1.165) is 10.9 Å². The van der Waals surface area contributed by atoms with Crippen molar-refractivity contribution in [3.05, 3.63) is 53.6 Å². The van der Waals surface area contributed by atoms with Crippen molar-refractivity contribution in [2.45, 2.75) is 37.8 Å². The van der Waals surface area contributed by atoms with Gasteiger partial charge in [0, 0.05) is 28.0 Å². The molecule has 3 N–H and O–H groups in total. The first-order valence-corrected chi connectivity index (χ1v) is 12.4. The molecule has 1 fully saturated rings. The van der Waals surface area contributed by atoms with Gasteiger partial charge in [0.2, 0.25) is 5.60 Å².